The van der Waals surface area contributed by atoms with E-state index in [0.29, 0.717) is 0 Å². The van der Waals surface area contributed by atoms with Gasteiger partial charge in [-0.15, -0.1) is 0 Å². The van der Waals surface area contributed by atoms with E-state index < -0.39 is 21.7 Å². The van der Waals surface area contributed by atoms with E-state index in [0.717, 1.165) is 0 Å². The second-order valence-corrected chi connectivity index (χ2v) is 5.74. The predicted molar refractivity (Wildman–Crippen MR) is 80.7 cm³/mol. The molecule has 0 spiro atoms. The van der Waals surface area contributed by atoms with Crippen molar-refractivity contribution in [1.82, 2.24) is 19.1 Å². The molecule has 20 heavy (non-hydrogen) atoms. The summed E-state index contributed by atoms with van der Waals surface area (Å²) in [6, 6.07) is 0. The predicted octanol–water partition coefficient (Wildman–Crippen LogP) is -1.79. The van der Waals surface area contributed by atoms with Crippen LogP contribution in [-0.2, 0) is 9.13 Å². The van der Waals surface area contributed by atoms with Gasteiger partial charge in [-0.1, -0.05) is 11.6 Å². The van der Waals surface area contributed by atoms with E-state index >= 15 is 0 Å². The number of hydrogen-bond donors (Lipinski definition) is 2. The van der Waals surface area contributed by atoms with Crippen LogP contribution in [-0.4, -0.2) is 88.0 Å². The fraction of sp³-hybridized carbons (Fsp3) is 0.143. The van der Waals surface area contributed by atoms with Gasteiger partial charge in [0.25, 0.3) is 16.1 Å². The Morgan fingerprint density at radius 1 is 1.00 bits per heavy atom. The van der Waals surface area contributed by atoms with Crippen molar-refractivity contribution in [3.05, 3.63) is 24.8 Å². The van der Waals surface area contributed by atoms with Crippen molar-refractivity contribution in [2.75, 3.05) is 0 Å². The number of imidazole rings is 2. The van der Waals surface area contributed by atoms with Crippen molar-refractivity contribution in [3.63, 3.8) is 0 Å². The van der Waals surface area contributed by atoms with Crippen molar-refractivity contribution < 1.29 is 18.9 Å². The maximum atomic E-state index is 11.1. The van der Waals surface area contributed by atoms with Crippen LogP contribution < -0.4 is 11.1 Å². The van der Waals surface area contributed by atoms with Crippen molar-refractivity contribution in [2.45, 2.75) is 5.62 Å². The molecule has 0 fully saturated rings. The molecule has 0 bridgehead atoms. The van der Waals surface area contributed by atoms with Gasteiger partial charge < -0.3 is 9.79 Å². The molecule has 2 aromatic rings. The summed E-state index contributed by atoms with van der Waals surface area (Å²) in [4.78, 5) is 25.6. The van der Waals surface area contributed by atoms with Crippen LogP contribution in [0.15, 0.2) is 24.8 Å². The van der Waals surface area contributed by atoms with Gasteiger partial charge in [-0.3, -0.25) is 18.3 Å². The first-order valence-corrected chi connectivity index (χ1v) is 7.83. The molecular weight excluding hydrogens is 347 g/mol. The van der Waals surface area contributed by atoms with Crippen molar-refractivity contribution >= 4 is 97.9 Å². The van der Waals surface area contributed by atoms with Gasteiger partial charge in [0, 0.05) is 24.8 Å². The molecule has 0 radical (unpaired) electrons. The number of halogens is 1. The molecule has 2 N–H and O–H groups in total. The number of rotatable bonds is 4. The summed E-state index contributed by atoms with van der Waals surface area (Å²) in [5.74, 6) is 0. The number of aromatic nitrogens is 4. The average Bonchev–Trinajstić information content (AvgIpc) is 2.97. The fourth-order valence-electron chi connectivity index (χ4n) is 1.44. The van der Waals surface area contributed by atoms with Crippen molar-refractivity contribution in [3.8, 4) is 0 Å². The monoisotopic (exact) mass is 358 g/mol. The molecule has 0 aliphatic rings. The van der Waals surface area contributed by atoms with Crippen LogP contribution in [0.1, 0.15) is 5.62 Å². The Morgan fingerprint density at radius 3 is 1.65 bits per heavy atom. The molecule has 2 aromatic heterocycles. The van der Waals surface area contributed by atoms with Gasteiger partial charge in [0.15, 0.2) is 16.8 Å². The number of nitrogens with zero attached hydrogens (tertiary/aromatic N) is 4. The van der Waals surface area contributed by atoms with E-state index in [2.05, 4.69) is 9.97 Å². The molecule has 0 saturated carbocycles. The molecular formula is C7H11ClN4Na2O4P2. The Kier molecular flexibility index (Phi) is 9.78. The van der Waals surface area contributed by atoms with Gasteiger partial charge in [-0.25, -0.2) is 9.97 Å². The maximum absolute atomic E-state index is 11.1. The Morgan fingerprint density at radius 2 is 1.35 bits per heavy atom. The molecule has 2 atom stereocenters. The topological polar surface area (TPSA) is 110 Å². The van der Waals surface area contributed by atoms with Gasteiger partial charge >= 0.3 is 59.1 Å². The standard InChI is InChI=1S/C7H9ClN4O4P2.2Na.2H/c8-5(11-3-1-9-6(11)17(13)14)12-4-2-10-7(12)18(15)16;;;;/h1-5,17-18H,(H,13,14)(H,15,16);;;;. The third-order valence-electron chi connectivity index (χ3n) is 2.18. The summed E-state index contributed by atoms with van der Waals surface area (Å²) in [7, 11) is -6.03. The van der Waals surface area contributed by atoms with Gasteiger partial charge in [0.1, 0.15) is 0 Å². The van der Waals surface area contributed by atoms with Crippen molar-refractivity contribution in [2.24, 2.45) is 0 Å². The summed E-state index contributed by atoms with van der Waals surface area (Å²) in [5.41, 5.74) is -1.16. The molecule has 8 nitrogen and oxygen atoms in total. The summed E-state index contributed by atoms with van der Waals surface area (Å²) in [6.45, 7) is 0. The van der Waals surface area contributed by atoms with Crippen LogP contribution in [0.2, 0.25) is 0 Å². The van der Waals surface area contributed by atoms with E-state index in [1.165, 1.54) is 33.9 Å². The molecule has 0 amide bonds. The van der Waals surface area contributed by atoms with E-state index in [4.69, 9.17) is 21.4 Å². The minimum atomic E-state index is -3.02. The summed E-state index contributed by atoms with van der Waals surface area (Å²) >= 11 is 6.09. The Bertz CT molecular complexity index is 569. The first-order chi connectivity index (χ1) is 8.52. The van der Waals surface area contributed by atoms with Crippen LogP contribution in [0.4, 0.5) is 0 Å². The molecule has 0 aromatic carbocycles. The van der Waals surface area contributed by atoms with Crippen LogP contribution in [0.5, 0.6) is 0 Å². The molecule has 2 rings (SSSR count). The minimum absolute atomic E-state index is 0. The normalized spacial score (nSPS) is 14.8. The summed E-state index contributed by atoms with van der Waals surface area (Å²) in [5, 5.41) is 0. The van der Waals surface area contributed by atoms with Crippen LogP contribution in [0, 0.1) is 0 Å². The number of alkyl halides is 1. The third-order valence-corrected chi connectivity index (χ3v) is 4.14. The molecule has 0 aliphatic heterocycles. The van der Waals surface area contributed by atoms with E-state index in [1.54, 1.807) is 0 Å². The molecule has 2 unspecified atom stereocenters. The molecule has 0 aliphatic carbocycles. The Balaban J connectivity index is 0.00000180. The quantitative estimate of drug-likeness (QED) is 0.379. The summed E-state index contributed by atoms with van der Waals surface area (Å²) in [6.07, 6.45) is 5.46. The Labute approximate surface area is 164 Å². The zero-order valence-corrected chi connectivity index (χ0v) is 11.5. The Hall–Kier alpha value is 1.09. The van der Waals surface area contributed by atoms with Crippen LogP contribution in [0.25, 0.3) is 0 Å². The van der Waals surface area contributed by atoms with E-state index in [9.17, 15) is 9.13 Å². The SMILES string of the molecule is O=[PH](O)c1nccn1C(Cl)n1ccnc1[PH](=O)O.[NaH].[NaH]. The fourth-order valence-corrected chi connectivity index (χ4v) is 3.12. The van der Waals surface area contributed by atoms with E-state index in [1.807, 2.05) is 0 Å². The first kappa shape index (κ1) is 21.1. The zero-order chi connectivity index (χ0) is 13.3. The van der Waals surface area contributed by atoms with Gasteiger partial charge in [-0.2, -0.15) is 0 Å². The second-order valence-electron chi connectivity index (χ2n) is 3.24. The van der Waals surface area contributed by atoms with Crippen LogP contribution in [0.3, 0.4) is 0 Å². The van der Waals surface area contributed by atoms with Gasteiger partial charge in [-0.05, 0) is 0 Å². The third kappa shape index (κ3) is 4.54. The van der Waals surface area contributed by atoms with E-state index in [-0.39, 0.29) is 70.2 Å². The zero-order valence-electron chi connectivity index (χ0n) is 8.76. The number of hydrogen-bond acceptors (Lipinski definition) is 4. The first-order valence-electron chi connectivity index (χ1n) is 4.68. The van der Waals surface area contributed by atoms with Gasteiger partial charge in [0.05, 0.1) is 0 Å². The van der Waals surface area contributed by atoms with Gasteiger partial charge in [0.2, 0.25) is 0 Å². The summed E-state index contributed by atoms with van der Waals surface area (Å²) < 4.78 is 24.6. The second kappa shape index (κ2) is 9.28. The molecule has 2 heterocycles. The molecule has 102 valence electrons. The molecule has 13 heteroatoms. The average molecular weight is 359 g/mol. The van der Waals surface area contributed by atoms with Crippen LogP contribution >= 0.6 is 27.7 Å². The van der Waals surface area contributed by atoms with Crippen molar-refractivity contribution in [1.29, 1.82) is 0 Å². The molecule has 0 saturated heterocycles.